The number of rotatable bonds is 5. The normalized spacial score (nSPS) is 11.3. The second-order valence-electron chi connectivity index (χ2n) is 7.76. The van der Waals surface area contributed by atoms with Gasteiger partial charge in [-0.2, -0.15) is 5.10 Å². The van der Waals surface area contributed by atoms with E-state index in [2.05, 4.69) is 15.1 Å². The Labute approximate surface area is 188 Å². The summed E-state index contributed by atoms with van der Waals surface area (Å²) >= 11 is 0. The van der Waals surface area contributed by atoms with Crippen molar-refractivity contribution >= 4 is 11.4 Å². The second kappa shape index (κ2) is 8.05. The number of aryl methyl sites for hydroxylation is 1. The van der Waals surface area contributed by atoms with E-state index in [1.54, 1.807) is 41.0 Å². The summed E-state index contributed by atoms with van der Waals surface area (Å²) in [6, 6.07) is 15.7. The maximum Gasteiger partial charge on any atom is 0.171 e. The minimum Gasteiger partial charge on any atom is -0.330 e. The third kappa shape index (κ3) is 3.80. The highest BCUT2D eigenvalue weighted by Crippen LogP contribution is 2.31. The predicted molar refractivity (Wildman–Crippen MR) is 120 cm³/mol. The molecular formula is C25H19F2N5O. The fourth-order valence-electron chi connectivity index (χ4n) is 3.80. The van der Waals surface area contributed by atoms with Crippen molar-refractivity contribution in [3.63, 3.8) is 0 Å². The quantitative estimate of drug-likeness (QED) is 0.366. The molecule has 33 heavy (non-hydrogen) atoms. The number of imidazole rings is 2. The third-order valence-corrected chi connectivity index (χ3v) is 5.56. The van der Waals surface area contributed by atoms with E-state index < -0.39 is 5.82 Å². The van der Waals surface area contributed by atoms with Crippen molar-refractivity contribution in [3.8, 4) is 22.6 Å². The molecule has 0 N–H and O–H groups in total. The molecule has 0 radical (unpaired) electrons. The molecule has 0 saturated carbocycles. The summed E-state index contributed by atoms with van der Waals surface area (Å²) in [7, 11) is 1.89. The standard InChI is InChI=1S/C25H19F2N5O/c1-15-28-24(16-7-9-17(26)10-8-16)25(31(15)2)21-11-12-23-29-18(14-32(23)30-21)13-22(33)19-5-3-4-6-20(19)27/h3-12,14H,13H2,1-2H3. The lowest BCUT2D eigenvalue weighted by atomic mass is 10.1. The van der Waals surface area contributed by atoms with Crippen LogP contribution in [0.5, 0.6) is 0 Å². The van der Waals surface area contributed by atoms with E-state index in [0.29, 0.717) is 22.7 Å². The maximum atomic E-state index is 13.9. The lowest BCUT2D eigenvalue weighted by Crippen LogP contribution is -2.06. The smallest absolute Gasteiger partial charge is 0.171 e. The second-order valence-corrected chi connectivity index (χ2v) is 7.76. The monoisotopic (exact) mass is 443 g/mol. The van der Waals surface area contributed by atoms with E-state index >= 15 is 0 Å². The topological polar surface area (TPSA) is 65.1 Å². The number of Topliss-reactive ketones (excluding diaryl/α,β-unsaturated/α-hetero) is 1. The number of ketones is 1. The van der Waals surface area contributed by atoms with Crippen LogP contribution in [0.25, 0.3) is 28.3 Å². The zero-order valence-corrected chi connectivity index (χ0v) is 18.0. The van der Waals surface area contributed by atoms with Gasteiger partial charge in [0.05, 0.1) is 35.3 Å². The van der Waals surface area contributed by atoms with Crippen LogP contribution in [-0.4, -0.2) is 29.9 Å². The molecule has 0 bridgehead atoms. The lowest BCUT2D eigenvalue weighted by Gasteiger charge is -2.07. The van der Waals surface area contributed by atoms with E-state index in [0.717, 1.165) is 17.1 Å². The van der Waals surface area contributed by atoms with Crippen molar-refractivity contribution in [2.75, 3.05) is 0 Å². The highest BCUT2D eigenvalue weighted by Gasteiger charge is 2.19. The van der Waals surface area contributed by atoms with Crippen LogP contribution in [0.2, 0.25) is 0 Å². The van der Waals surface area contributed by atoms with Crippen molar-refractivity contribution in [2.45, 2.75) is 13.3 Å². The van der Waals surface area contributed by atoms with Crippen molar-refractivity contribution in [3.05, 3.63) is 95.6 Å². The molecule has 0 atom stereocenters. The van der Waals surface area contributed by atoms with E-state index in [1.165, 1.54) is 24.3 Å². The van der Waals surface area contributed by atoms with Crippen LogP contribution in [0.3, 0.4) is 0 Å². The number of carbonyl (C=O) groups excluding carboxylic acids is 1. The average Bonchev–Trinajstić information content (AvgIpc) is 3.33. The fraction of sp³-hybridized carbons (Fsp3) is 0.120. The number of carbonyl (C=O) groups is 1. The van der Waals surface area contributed by atoms with Gasteiger partial charge in [0.2, 0.25) is 0 Å². The predicted octanol–water partition coefficient (Wildman–Crippen LogP) is 4.81. The SMILES string of the molecule is Cc1nc(-c2ccc(F)cc2)c(-c2ccc3nc(CC(=O)c4ccccc4F)cn3n2)n1C. The van der Waals surface area contributed by atoms with Crippen molar-refractivity contribution in [1.29, 1.82) is 0 Å². The first-order chi connectivity index (χ1) is 15.9. The zero-order chi connectivity index (χ0) is 23.1. The molecule has 6 nitrogen and oxygen atoms in total. The molecule has 0 spiro atoms. The van der Waals surface area contributed by atoms with Gasteiger partial charge in [0.25, 0.3) is 0 Å². The van der Waals surface area contributed by atoms with Crippen LogP contribution in [0.15, 0.2) is 66.9 Å². The molecule has 8 heteroatoms. The van der Waals surface area contributed by atoms with Gasteiger partial charge in [-0.15, -0.1) is 0 Å². The van der Waals surface area contributed by atoms with E-state index in [9.17, 15) is 13.6 Å². The zero-order valence-electron chi connectivity index (χ0n) is 18.0. The van der Waals surface area contributed by atoms with Crippen molar-refractivity contribution in [1.82, 2.24) is 24.1 Å². The first kappa shape index (κ1) is 20.7. The summed E-state index contributed by atoms with van der Waals surface area (Å²) in [4.78, 5) is 21.6. The minimum atomic E-state index is -0.549. The van der Waals surface area contributed by atoms with Crippen LogP contribution in [-0.2, 0) is 13.5 Å². The molecule has 5 rings (SSSR count). The largest absolute Gasteiger partial charge is 0.330 e. The van der Waals surface area contributed by atoms with Crippen LogP contribution >= 0.6 is 0 Å². The lowest BCUT2D eigenvalue weighted by molar-refractivity contribution is 0.0988. The Morgan fingerprint density at radius 2 is 1.73 bits per heavy atom. The molecule has 0 unspecified atom stereocenters. The molecular weight excluding hydrogens is 424 g/mol. The van der Waals surface area contributed by atoms with E-state index in [1.807, 2.05) is 24.6 Å². The highest BCUT2D eigenvalue weighted by atomic mass is 19.1. The molecule has 3 heterocycles. The molecule has 3 aromatic heterocycles. The Balaban J connectivity index is 1.52. The number of hydrogen-bond acceptors (Lipinski definition) is 4. The Hall–Kier alpha value is -4.20. The summed E-state index contributed by atoms with van der Waals surface area (Å²) in [5.41, 5.74) is 3.99. The number of aromatic nitrogens is 5. The summed E-state index contributed by atoms with van der Waals surface area (Å²) in [5, 5.41) is 4.68. The molecule has 0 aliphatic rings. The maximum absolute atomic E-state index is 13.9. The Bertz CT molecular complexity index is 1500. The molecule has 0 aliphatic heterocycles. The van der Waals surface area contributed by atoms with Gasteiger partial charge in [-0.05, 0) is 55.5 Å². The number of hydrogen-bond donors (Lipinski definition) is 0. The number of benzene rings is 2. The summed E-state index contributed by atoms with van der Waals surface area (Å²) in [6.07, 6.45) is 1.63. The van der Waals surface area contributed by atoms with Crippen LogP contribution in [0.4, 0.5) is 8.78 Å². The highest BCUT2D eigenvalue weighted by molar-refractivity contribution is 5.97. The third-order valence-electron chi connectivity index (χ3n) is 5.56. The molecule has 164 valence electrons. The fourth-order valence-corrected chi connectivity index (χ4v) is 3.80. The summed E-state index contributed by atoms with van der Waals surface area (Å²) in [6.45, 7) is 1.89. The van der Waals surface area contributed by atoms with Crippen LogP contribution in [0.1, 0.15) is 21.9 Å². The molecule has 5 aromatic rings. The Kier molecular flexibility index (Phi) is 5.05. The number of fused-ring (bicyclic) bond motifs is 1. The summed E-state index contributed by atoms with van der Waals surface area (Å²) < 4.78 is 30.9. The van der Waals surface area contributed by atoms with E-state index in [4.69, 9.17) is 0 Å². The van der Waals surface area contributed by atoms with Gasteiger partial charge in [-0.1, -0.05) is 12.1 Å². The first-order valence-corrected chi connectivity index (χ1v) is 10.3. The van der Waals surface area contributed by atoms with Gasteiger partial charge in [0.1, 0.15) is 23.2 Å². The van der Waals surface area contributed by atoms with Gasteiger partial charge in [0, 0.05) is 12.6 Å². The Morgan fingerprint density at radius 1 is 0.970 bits per heavy atom. The minimum absolute atomic E-state index is 0.0364. The number of nitrogens with zero attached hydrogens (tertiary/aromatic N) is 5. The van der Waals surface area contributed by atoms with Gasteiger partial charge >= 0.3 is 0 Å². The first-order valence-electron chi connectivity index (χ1n) is 10.3. The van der Waals surface area contributed by atoms with Gasteiger partial charge in [-0.3, -0.25) is 4.79 Å². The van der Waals surface area contributed by atoms with Gasteiger partial charge in [-0.25, -0.2) is 23.3 Å². The number of halogens is 2. The van der Waals surface area contributed by atoms with Crippen molar-refractivity contribution < 1.29 is 13.6 Å². The van der Waals surface area contributed by atoms with Gasteiger partial charge in [0.15, 0.2) is 11.4 Å². The van der Waals surface area contributed by atoms with Crippen LogP contribution in [0, 0.1) is 18.6 Å². The van der Waals surface area contributed by atoms with Crippen molar-refractivity contribution in [2.24, 2.45) is 7.05 Å². The average molecular weight is 443 g/mol. The molecule has 0 aliphatic carbocycles. The molecule has 2 aromatic carbocycles. The van der Waals surface area contributed by atoms with E-state index in [-0.39, 0.29) is 23.6 Å². The van der Waals surface area contributed by atoms with Gasteiger partial charge < -0.3 is 4.57 Å². The Morgan fingerprint density at radius 3 is 2.48 bits per heavy atom. The summed E-state index contributed by atoms with van der Waals surface area (Å²) in [5.74, 6) is -0.430. The molecule has 0 fully saturated rings. The molecule has 0 amide bonds. The van der Waals surface area contributed by atoms with Crippen LogP contribution < -0.4 is 0 Å². The molecule has 0 saturated heterocycles.